The highest BCUT2D eigenvalue weighted by molar-refractivity contribution is 6.74. The molecule has 0 atom stereocenters. The molecule has 0 aliphatic carbocycles. The minimum absolute atomic E-state index is 0.758. The molecule has 0 aromatic carbocycles. The van der Waals surface area contributed by atoms with Crippen molar-refractivity contribution in [3.63, 3.8) is 0 Å². The quantitative estimate of drug-likeness (QED) is 0.314. The summed E-state index contributed by atoms with van der Waals surface area (Å²) < 4.78 is 29.7. The SMILES string of the molecule is CCN(CC)CCC[Si](OC)(OC)O[Si](CCCN(CC)CC)(OC)OC. The molecule has 7 nitrogen and oxygen atoms in total. The predicted octanol–water partition coefficient (Wildman–Crippen LogP) is 2.93. The summed E-state index contributed by atoms with van der Waals surface area (Å²) in [4.78, 5) is 4.79. The van der Waals surface area contributed by atoms with Crippen LogP contribution < -0.4 is 0 Å². The van der Waals surface area contributed by atoms with Crippen LogP contribution in [0.3, 0.4) is 0 Å². The third kappa shape index (κ3) is 9.46. The summed E-state index contributed by atoms with van der Waals surface area (Å²) in [7, 11) is 1.03. The van der Waals surface area contributed by atoms with Crippen molar-refractivity contribution in [2.45, 2.75) is 52.6 Å². The summed E-state index contributed by atoms with van der Waals surface area (Å²) >= 11 is 0. The molecule has 0 aromatic rings. The fourth-order valence-corrected chi connectivity index (χ4v) is 9.58. The topological polar surface area (TPSA) is 52.6 Å². The zero-order chi connectivity index (χ0) is 20.8. The van der Waals surface area contributed by atoms with Crippen LogP contribution in [0.1, 0.15) is 40.5 Å². The van der Waals surface area contributed by atoms with Crippen LogP contribution in [-0.2, 0) is 21.8 Å². The lowest BCUT2D eigenvalue weighted by Gasteiger charge is -2.36. The number of hydrogen-bond donors (Lipinski definition) is 0. The van der Waals surface area contributed by atoms with Crippen LogP contribution in [-0.4, -0.2) is 95.1 Å². The monoisotopic (exact) mass is 424 g/mol. The maximum atomic E-state index is 6.47. The molecule has 0 saturated carbocycles. The molecule has 9 heteroatoms. The highest BCUT2D eigenvalue weighted by atomic mass is 28.5. The molecule has 0 amide bonds. The van der Waals surface area contributed by atoms with Crippen LogP contribution in [0.2, 0.25) is 12.1 Å². The molecule has 164 valence electrons. The Labute approximate surface area is 170 Å². The summed E-state index contributed by atoms with van der Waals surface area (Å²) in [5.41, 5.74) is 0. The molecule has 0 fully saturated rings. The predicted molar refractivity (Wildman–Crippen MR) is 115 cm³/mol. The minimum atomic E-state index is -2.84. The van der Waals surface area contributed by atoms with E-state index >= 15 is 0 Å². The first kappa shape index (κ1) is 27.2. The molecule has 0 spiro atoms. The van der Waals surface area contributed by atoms with E-state index in [-0.39, 0.29) is 0 Å². The van der Waals surface area contributed by atoms with Crippen LogP contribution in [0.4, 0.5) is 0 Å². The van der Waals surface area contributed by atoms with Gasteiger partial charge in [-0.3, -0.25) is 0 Å². The molecular weight excluding hydrogens is 380 g/mol. The van der Waals surface area contributed by atoms with Crippen molar-refractivity contribution in [1.82, 2.24) is 9.80 Å². The van der Waals surface area contributed by atoms with Crippen molar-refractivity contribution in [2.24, 2.45) is 0 Å². The van der Waals surface area contributed by atoms with Gasteiger partial charge in [0, 0.05) is 40.5 Å². The van der Waals surface area contributed by atoms with Crippen molar-refractivity contribution in [2.75, 3.05) is 67.7 Å². The average molecular weight is 425 g/mol. The maximum absolute atomic E-state index is 6.47. The molecule has 0 aromatic heterocycles. The van der Waals surface area contributed by atoms with E-state index in [9.17, 15) is 0 Å². The van der Waals surface area contributed by atoms with Gasteiger partial charge >= 0.3 is 17.6 Å². The molecule has 27 heavy (non-hydrogen) atoms. The molecule has 0 radical (unpaired) electrons. The van der Waals surface area contributed by atoms with E-state index in [0.717, 1.165) is 64.2 Å². The van der Waals surface area contributed by atoms with Crippen LogP contribution in [0.5, 0.6) is 0 Å². The van der Waals surface area contributed by atoms with Crippen molar-refractivity contribution in [3.05, 3.63) is 0 Å². The third-order valence-corrected chi connectivity index (χ3v) is 12.2. The first-order valence-electron chi connectivity index (χ1n) is 10.3. The highest BCUT2D eigenvalue weighted by Gasteiger charge is 2.51. The van der Waals surface area contributed by atoms with Gasteiger partial charge < -0.3 is 31.6 Å². The van der Waals surface area contributed by atoms with Crippen molar-refractivity contribution in [1.29, 1.82) is 0 Å². The summed E-state index contributed by atoms with van der Waals surface area (Å²) in [5.74, 6) is 0. The van der Waals surface area contributed by atoms with E-state index in [4.69, 9.17) is 21.8 Å². The van der Waals surface area contributed by atoms with Gasteiger partial charge in [-0.25, -0.2) is 0 Å². The van der Waals surface area contributed by atoms with Crippen LogP contribution in [0, 0.1) is 0 Å². The normalized spacial score (nSPS) is 13.1. The second-order valence-corrected chi connectivity index (χ2v) is 12.7. The average Bonchev–Trinajstić information content (AvgIpc) is 2.72. The van der Waals surface area contributed by atoms with Crippen LogP contribution >= 0.6 is 0 Å². The molecular formula is C18H44N2O5Si2. The zero-order valence-electron chi connectivity index (χ0n) is 19.0. The minimum Gasteiger partial charge on any atom is -0.377 e. The second-order valence-electron chi connectivity index (χ2n) is 6.55. The fourth-order valence-electron chi connectivity index (χ4n) is 3.20. The smallest absolute Gasteiger partial charge is 0.377 e. The molecule has 0 rings (SSSR count). The lowest BCUT2D eigenvalue weighted by atomic mass is 10.4. The first-order chi connectivity index (χ1) is 12.9. The van der Waals surface area contributed by atoms with Gasteiger partial charge in [-0.1, -0.05) is 27.7 Å². The Kier molecular flexibility index (Phi) is 15.1. The van der Waals surface area contributed by atoms with Crippen molar-refractivity contribution in [3.8, 4) is 0 Å². The Morgan fingerprint density at radius 3 is 1.07 bits per heavy atom. The molecule has 0 N–H and O–H groups in total. The first-order valence-corrected chi connectivity index (χ1v) is 14.2. The van der Waals surface area contributed by atoms with E-state index < -0.39 is 17.6 Å². The van der Waals surface area contributed by atoms with Gasteiger partial charge in [0.05, 0.1) is 0 Å². The Hall–Kier alpha value is 0.154. The fraction of sp³-hybridized carbons (Fsp3) is 1.00. The number of nitrogens with zero attached hydrogens (tertiary/aromatic N) is 2. The van der Waals surface area contributed by atoms with Crippen LogP contribution in [0.15, 0.2) is 0 Å². The van der Waals surface area contributed by atoms with Crippen LogP contribution in [0.25, 0.3) is 0 Å². The molecule has 0 bridgehead atoms. The lowest BCUT2D eigenvalue weighted by Crippen LogP contribution is -2.57. The molecule has 0 aliphatic heterocycles. The largest absolute Gasteiger partial charge is 0.493 e. The van der Waals surface area contributed by atoms with E-state index in [1.807, 2.05) is 0 Å². The maximum Gasteiger partial charge on any atom is 0.493 e. The van der Waals surface area contributed by atoms with Gasteiger partial charge in [0.15, 0.2) is 0 Å². The lowest BCUT2D eigenvalue weighted by molar-refractivity contribution is 0.0846. The van der Waals surface area contributed by atoms with Gasteiger partial charge in [-0.05, 0) is 52.1 Å². The van der Waals surface area contributed by atoms with Crippen molar-refractivity contribution >= 4 is 17.6 Å². The standard InChI is InChI=1S/C18H44N2O5Si2/c1-9-19(10-2)15-13-17-26(21-5,22-6)25-27(23-7,24-8)18-14-16-20(11-3)12-4/h9-18H2,1-8H3. The third-order valence-electron chi connectivity index (χ3n) is 5.26. The van der Waals surface area contributed by atoms with E-state index in [0.29, 0.717) is 0 Å². The molecule has 0 heterocycles. The summed E-state index contributed by atoms with van der Waals surface area (Å²) in [6, 6.07) is 1.52. The summed E-state index contributed by atoms with van der Waals surface area (Å²) in [5, 5.41) is 0. The Bertz CT molecular complexity index is 319. The summed E-state index contributed by atoms with van der Waals surface area (Å²) in [6.45, 7) is 14.9. The van der Waals surface area contributed by atoms with Gasteiger partial charge in [-0.15, -0.1) is 0 Å². The van der Waals surface area contributed by atoms with Gasteiger partial charge in [0.1, 0.15) is 0 Å². The molecule has 0 saturated heterocycles. The number of rotatable bonds is 18. The molecule has 0 aliphatic rings. The van der Waals surface area contributed by atoms with Gasteiger partial charge in [-0.2, -0.15) is 0 Å². The molecule has 0 unspecified atom stereocenters. The zero-order valence-corrected chi connectivity index (χ0v) is 21.0. The van der Waals surface area contributed by atoms with Gasteiger partial charge in [0.2, 0.25) is 0 Å². The van der Waals surface area contributed by atoms with E-state index in [1.165, 1.54) is 0 Å². The Morgan fingerprint density at radius 2 is 0.852 bits per heavy atom. The number of hydrogen-bond acceptors (Lipinski definition) is 7. The van der Waals surface area contributed by atoms with Crippen molar-refractivity contribution < 1.29 is 21.8 Å². The van der Waals surface area contributed by atoms with E-state index in [2.05, 4.69) is 37.5 Å². The van der Waals surface area contributed by atoms with Gasteiger partial charge in [0.25, 0.3) is 0 Å². The Balaban J connectivity index is 4.97. The summed E-state index contributed by atoms with van der Waals surface area (Å²) in [6.07, 6.45) is 1.93. The Morgan fingerprint density at radius 1 is 0.556 bits per heavy atom. The van der Waals surface area contributed by atoms with E-state index in [1.54, 1.807) is 28.4 Å². The highest BCUT2D eigenvalue weighted by Crippen LogP contribution is 2.26. The second kappa shape index (κ2) is 15.1.